The summed E-state index contributed by atoms with van der Waals surface area (Å²) in [6, 6.07) is 9.80. The van der Waals surface area contributed by atoms with Gasteiger partial charge < -0.3 is 5.32 Å². The number of H-pyrrole nitrogens is 1. The normalized spacial score (nSPS) is 13.3. The number of likely N-dealkylation sites (N-methyl/N-ethyl adjacent to an activating group) is 1. The zero-order valence-electron chi connectivity index (χ0n) is 10.6. The monoisotopic (exact) mass is 271 g/mol. The van der Waals surface area contributed by atoms with E-state index in [0.29, 0.717) is 10.8 Å². The van der Waals surface area contributed by atoms with Gasteiger partial charge in [0.15, 0.2) is 5.82 Å². The molecule has 96 valence electrons. The molecule has 0 aliphatic carbocycles. The van der Waals surface area contributed by atoms with Crippen LogP contribution in [0.15, 0.2) is 30.6 Å². The third kappa shape index (κ3) is 2.33. The number of benzene rings is 1. The molecule has 6 heteroatoms. The number of nitriles is 1. The first-order valence-electron chi connectivity index (χ1n) is 5.71. The Kier molecular flexibility index (Phi) is 3.58. The molecule has 1 atom stereocenters. The number of hydrogen-bond acceptors (Lipinski definition) is 4. The fourth-order valence-electron chi connectivity index (χ4n) is 1.80. The van der Waals surface area contributed by atoms with Crippen LogP contribution in [0.5, 0.6) is 0 Å². The molecule has 2 rings (SSSR count). The van der Waals surface area contributed by atoms with E-state index < -0.39 is 5.41 Å². The number of aromatic amines is 1. The maximum Gasteiger partial charge on any atom is 0.155 e. The highest BCUT2D eigenvalue weighted by molar-refractivity contribution is 7.80. The van der Waals surface area contributed by atoms with Crippen LogP contribution in [-0.4, -0.2) is 27.2 Å². The fourth-order valence-corrected chi connectivity index (χ4v) is 1.97. The Labute approximate surface area is 116 Å². The molecule has 5 nitrogen and oxygen atoms in total. The van der Waals surface area contributed by atoms with Crippen molar-refractivity contribution in [2.24, 2.45) is 0 Å². The Bertz CT molecular complexity index is 611. The highest BCUT2D eigenvalue weighted by Crippen LogP contribution is 2.26. The molecule has 1 unspecified atom stereocenters. The molecule has 2 aromatic rings. The number of aromatic nitrogens is 3. The first kappa shape index (κ1) is 13.2. The Morgan fingerprint density at radius 1 is 1.42 bits per heavy atom. The molecule has 19 heavy (non-hydrogen) atoms. The molecule has 0 radical (unpaired) electrons. The highest BCUT2D eigenvalue weighted by atomic mass is 32.1. The fraction of sp³-hybridized carbons (Fsp3) is 0.231. The van der Waals surface area contributed by atoms with Crippen LogP contribution in [0.1, 0.15) is 12.5 Å². The molecule has 0 amide bonds. The number of nitrogens with zero attached hydrogens (tertiary/aromatic N) is 3. The molecule has 0 saturated heterocycles. The van der Waals surface area contributed by atoms with Gasteiger partial charge >= 0.3 is 0 Å². The molecule has 0 saturated carbocycles. The summed E-state index contributed by atoms with van der Waals surface area (Å²) in [5, 5.41) is 18.9. The summed E-state index contributed by atoms with van der Waals surface area (Å²) in [5.41, 5.74) is 0.929. The molecule has 0 spiro atoms. The number of rotatable bonds is 3. The standard InChI is InChI=1S/C13H13N5S/c1-13(7-14,12(19)15-2)10-5-3-9(4-6-10)11-16-8-17-18-11/h3-6,8H,1-2H3,(H,15,19)(H,16,17,18). The summed E-state index contributed by atoms with van der Waals surface area (Å²) in [6.45, 7) is 1.80. The molecule has 0 fully saturated rings. The van der Waals surface area contributed by atoms with Gasteiger partial charge in [0.2, 0.25) is 0 Å². The van der Waals surface area contributed by atoms with Crippen molar-refractivity contribution in [2.45, 2.75) is 12.3 Å². The number of hydrogen-bond donors (Lipinski definition) is 2. The molecular formula is C13H13N5S. The SMILES string of the molecule is CNC(=S)C(C)(C#N)c1ccc(-c2ncn[nH]2)cc1. The average Bonchev–Trinajstić information content (AvgIpc) is 3.00. The van der Waals surface area contributed by atoms with Gasteiger partial charge in [-0.2, -0.15) is 10.4 Å². The molecular weight excluding hydrogens is 258 g/mol. The zero-order chi connectivity index (χ0) is 13.9. The molecule has 1 aromatic carbocycles. The summed E-state index contributed by atoms with van der Waals surface area (Å²) < 4.78 is 0. The summed E-state index contributed by atoms with van der Waals surface area (Å²) in [5.74, 6) is 0.696. The minimum absolute atomic E-state index is 0.502. The van der Waals surface area contributed by atoms with Crippen LogP contribution >= 0.6 is 12.2 Å². The predicted molar refractivity (Wildman–Crippen MR) is 76.4 cm³/mol. The predicted octanol–water partition coefficient (Wildman–Crippen LogP) is 1.80. The summed E-state index contributed by atoms with van der Waals surface area (Å²) >= 11 is 5.22. The van der Waals surface area contributed by atoms with E-state index in [1.807, 2.05) is 24.3 Å². The zero-order valence-corrected chi connectivity index (χ0v) is 11.5. The maximum atomic E-state index is 9.39. The van der Waals surface area contributed by atoms with E-state index in [0.717, 1.165) is 11.1 Å². The summed E-state index contributed by atoms with van der Waals surface area (Å²) in [7, 11) is 1.72. The number of thiocarbonyl (C=S) groups is 1. The second kappa shape index (κ2) is 5.16. The van der Waals surface area contributed by atoms with Crippen molar-refractivity contribution in [1.29, 1.82) is 5.26 Å². The van der Waals surface area contributed by atoms with Crippen molar-refractivity contribution < 1.29 is 0 Å². The van der Waals surface area contributed by atoms with Crippen LogP contribution in [0.25, 0.3) is 11.4 Å². The van der Waals surface area contributed by atoms with Crippen molar-refractivity contribution in [1.82, 2.24) is 20.5 Å². The van der Waals surface area contributed by atoms with Gasteiger partial charge in [-0.25, -0.2) is 4.98 Å². The molecule has 0 bridgehead atoms. The van der Waals surface area contributed by atoms with Crippen LogP contribution in [-0.2, 0) is 5.41 Å². The van der Waals surface area contributed by atoms with Gasteiger partial charge in [-0.15, -0.1) is 0 Å². The maximum absolute atomic E-state index is 9.39. The minimum Gasteiger partial charge on any atom is -0.381 e. The van der Waals surface area contributed by atoms with Crippen LogP contribution in [0.2, 0.25) is 0 Å². The first-order valence-corrected chi connectivity index (χ1v) is 6.12. The lowest BCUT2D eigenvalue weighted by Gasteiger charge is -2.23. The molecule has 1 aromatic heterocycles. The van der Waals surface area contributed by atoms with Crippen LogP contribution in [0.4, 0.5) is 0 Å². The van der Waals surface area contributed by atoms with E-state index in [1.54, 1.807) is 14.0 Å². The topological polar surface area (TPSA) is 77.4 Å². The Hall–Kier alpha value is -2.26. The van der Waals surface area contributed by atoms with Gasteiger partial charge in [-0.3, -0.25) is 5.10 Å². The third-order valence-electron chi connectivity index (χ3n) is 3.06. The van der Waals surface area contributed by atoms with Gasteiger partial charge in [0, 0.05) is 12.6 Å². The smallest absolute Gasteiger partial charge is 0.155 e. The molecule has 0 aliphatic rings. The van der Waals surface area contributed by atoms with Crippen molar-refractivity contribution in [3.63, 3.8) is 0 Å². The quantitative estimate of drug-likeness (QED) is 0.832. The van der Waals surface area contributed by atoms with Gasteiger partial charge in [0.05, 0.1) is 11.1 Å². The van der Waals surface area contributed by atoms with Crippen molar-refractivity contribution >= 4 is 17.2 Å². The van der Waals surface area contributed by atoms with Gasteiger partial charge in [-0.1, -0.05) is 36.5 Å². The van der Waals surface area contributed by atoms with E-state index in [9.17, 15) is 5.26 Å². The second-order valence-electron chi connectivity index (χ2n) is 4.23. The third-order valence-corrected chi connectivity index (χ3v) is 3.67. The molecule has 1 heterocycles. The van der Waals surface area contributed by atoms with Crippen LogP contribution in [0, 0.1) is 11.3 Å². The molecule has 0 aliphatic heterocycles. The van der Waals surface area contributed by atoms with Crippen molar-refractivity contribution in [3.8, 4) is 17.5 Å². The highest BCUT2D eigenvalue weighted by Gasteiger charge is 2.31. The Balaban J connectivity index is 2.38. The first-order chi connectivity index (χ1) is 9.11. The van der Waals surface area contributed by atoms with E-state index in [-0.39, 0.29) is 0 Å². The number of nitrogens with one attached hydrogen (secondary N) is 2. The van der Waals surface area contributed by atoms with Gasteiger partial charge in [0.25, 0.3) is 0 Å². The van der Waals surface area contributed by atoms with E-state index >= 15 is 0 Å². The lowest BCUT2D eigenvalue weighted by atomic mass is 9.83. The van der Waals surface area contributed by atoms with Crippen molar-refractivity contribution in [3.05, 3.63) is 36.2 Å². The summed E-state index contributed by atoms with van der Waals surface area (Å²) in [6.07, 6.45) is 1.46. The minimum atomic E-state index is -0.829. The van der Waals surface area contributed by atoms with Crippen LogP contribution < -0.4 is 5.32 Å². The largest absolute Gasteiger partial charge is 0.381 e. The average molecular weight is 271 g/mol. The Morgan fingerprint density at radius 3 is 2.58 bits per heavy atom. The lowest BCUT2D eigenvalue weighted by molar-refractivity contribution is 0.807. The van der Waals surface area contributed by atoms with E-state index in [2.05, 4.69) is 26.6 Å². The molecule has 2 N–H and O–H groups in total. The van der Waals surface area contributed by atoms with Crippen molar-refractivity contribution in [2.75, 3.05) is 7.05 Å². The summed E-state index contributed by atoms with van der Waals surface area (Å²) in [4.78, 5) is 4.58. The second-order valence-corrected chi connectivity index (χ2v) is 4.64. The van der Waals surface area contributed by atoms with Crippen LogP contribution in [0.3, 0.4) is 0 Å². The van der Waals surface area contributed by atoms with E-state index in [1.165, 1.54) is 6.33 Å². The lowest BCUT2D eigenvalue weighted by Crippen LogP contribution is -2.37. The van der Waals surface area contributed by atoms with Gasteiger partial charge in [0.1, 0.15) is 11.7 Å². The Morgan fingerprint density at radius 2 is 2.11 bits per heavy atom. The van der Waals surface area contributed by atoms with E-state index in [4.69, 9.17) is 12.2 Å². The van der Waals surface area contributed by atoms with Gasteiger partial charge in [-0.05, 0) is 12.5 Å².